The van der Waals surface area contributed by atoms with Gasteiger partial charge in [0.2, 0.25) is 11.8 Å². The lowest BCUT2D eigenvalue weighted by atomic mass is 9.85. The minimum Gasteiger partial charge on any atom is -0.347 e. The Morgan fingerprint density at radius 1 is 1.15 bits per heavy atom. The Bertz CT molecular complexity index is 721. The van der Waals surface area contributed by atoms with Crippen LogP contribution in [0.3, 0.4) is 0 Å². The van der Waals surface area contributed by atoms with E-state index in [0.717, 1.165) is 10.5 Å². The SMILES string of the molecule is CC[NH+](CC(=O)NCc1ccc(Cl)cc1)CN1C(=O)[C@H]2CC=CC[C@H]2C1=O. The van der Waals surface area contributed by atoms with Gasteiger partial charge in [0.25, 0.3) is 5.91 Å². The molecular formula is C20H25ClN3O3+. The van der Waals surface area contributed by atoms with Gasteiger partial charge < -0.3 is 10.2 Å². The quantitative estimate of drug-likeness (QED) is 0.533. The predicted molar refractivity (Wildman–Crippen MR) is 102 cm³/mol. The first-order valence-electron chi connectivity index (χ1n) is 9.34. The van der Waals surface area contributed by atoms with Crippen molar-refractivity contribution in [2.24, 2.45) is 11.8 Å². The standard InChI is InChI=1S/C20H24ClN3O3/c1-2-23(12-18(25)22-11-14-7-9-15(21)10-8-14)13-24-19(26)16-5-3-4-6-17(16)20(24)27/h3-4,7-10,16-17H,2,5-6,11-13H2,1H3,(H,22,25)/p+1/t16-,17+. The van der Waals surface area contributed by atoms with Crippen LogP contribution in [0.15, 0.2) is 36.4 Å². The van der Waals surface area contributed by atoms with Gasteiger partial charge in [-0.1, -0.05) is 35.9 Å². The summed E-state index contributed by atoms with van der Waals surface area (Å²) in [6.07, 6.45) is 5.22. The maximum Gasteiger partial charge on any atom is 0.275 e. The van der Waals surface area contributed by atoms with E-state index in [0.29, 0.717) is 31.0 Å². The lowest BCUT2D eigenvalue weighted by molar-refractivity contribution is -0.897. The Hall–Kier alpha value is -2.18. The van der Waals surface area contributed by atoms with Crippen LogP contribution in [-0.2, 0) is 20.9 Å². The first-order valence-corrected chi connectivity index (χ1v) is 9.72. The summed E-state index contributed by atoms with van der Waals surface area (Å²) in [6.45, 7) is 3.48. The number of quaternary nitrogens is 1. The van der Waals surface area contributed by atoms with Gasteiger partial charge in [0, 0.05) is 11.6 Å². The van der Waals surface area contributed by atoms with Gasteiger partial charge in [-0.3, -0.25) is 14.4 Å². The van der Waals surface area contributed by atoms with Crippen molar-refractivity contribution in [2.75, 3.05) is 19.8 Å². The molecule has 0 bridgehead atoms. The maximum atomic E-state index is 12.6. The molecule has 144 valence electrons. The summed E-state index contributed by atoms with van der Waals surface area (Å²) in [4.78, 5) is 39.7. The van der Waals surface area contributed by atoms with Gasteiger partial charge in [-0.25, -0.2) is 4.90 Å². The first-order chi connectivity index (χ1) is 13.0. The topological polar surface area (TPSA) is 70.9 Å². The van der Waals surface area contributed by atoms with Crippen molar-refractivity contribution in [3.63, 3.8) is 0 Å². The van der Waals surface area contributed by atoms with Crippen LogP contribution in [0, 0.1) is 11.8 Å². The van der Waals surface area contributed by atoms with E-state index in [9.17, 15) is 14.4 Å². The number of hydrogen-bond donors (Lipinski definition) is 2. The fourth-order valence-corrected chi connectivity index (χ4v) is 3.76. The van der Waals surface area contributed by atoms with Gasteiger partial charge in [0.1, 0.15) is 0 Å². The Morgan fingerprint density at radius 3 is 2.30 bits per heavy atom. The lowest BCUT2D eigenvalue weighted by Crippen LogP contribution is -3.14. The van der Waals surface area contributed by atoms with Crippen LogP contribution in [0.4, 0.5) is 0 Å². The van der Waals surface area contributed by atoms with Crippen molar-refractivity contribution in [3.8, 4) is 0 Å². The van der Waals surface area contributed by atoms with E-state index in [-0.39, 0.29) is 42.8 Å². The molecule has 27 heavy (non-hydrogen) atoms. The monoisotopic (exact) mass is 390 g/mol. The number of likely N-dealkylation sites (N-methyl/N-ethyl adjacent to an activating group) is 1. The highest BCUT2D eigenvalue weighted by molar-refractivity contribution is 6.30. The minimum atomic E-state index is -0.223. The van der Waals surface area contributed by atoms with Crippen LogP contribution < -0.4 is 10.2 Å². The molecule has 1 aromatic carbocycles. The third-order valence-corrected chi connectivity index (χ3v) is 5.55. The number of fused-ring (bicyclic) bond motifs is 1. The van der Waals surface area contributed by atoms with Gasteiger partial charge in [-0.15, -0.1) is 0 Å². The van der Waals surface area contributed by atoms with E-state index in [1.54, 1.807) is 12.1 Å². The van der Waals surface area contributed by atoms with Gasteiger partial charge in [0.15, 0.2) is 13.2 Å². The van der Waals surface area contributed by atoms with E-state index in [1.165, 1.54) is 4.90 Å². The number of likely N-dealkylation sites (tertiary alicyclic amines) is 1. The van der Waals surface area contributed by atoms with Crippen molar-refractivity contribution in [1.82, 2.24) is 10.2 Å². The molecule has 1 saturated heterocycles. The van der Waals surface area contributed by atoms with Crippen LogP contribution in [-0.4, -0.2) is 42.4 Å². The number of imide groups is 1. The zero-order valence-corrected chi connectivity index (χ0v) is 16.2. The summed E-state index contributed by atoms with van der Waals surface area (Å²) < 4.78 is 0. The molecule has 3 rings (SSSR count). The number of nitrogens with one attached hydrogen (secondary N) is 2. The number of halogens is 1. The first kappa shape index (κ1) is 19.6. The molecular weight excluding hydrogens is 366 g/mol. The third-order valence-electron chi connectivity index (χ3n) is 5.29. The molecule has 3 atom stereocenters. The van der Waals surface area contributed by atoms with Crippen molar-refractivity contribution >= 4 is 29.3 Å². The molecule has 7 heteroatoms. The summed E-state index contributed by atoms with van der Waals surface area (Å²) in [7, 11) is 0. The molecule has 1 aliphatic heterocycles. The number of carbonyl (C=O) groups excluding carboxylic acids is 3. The van der Waals surface area contributed by atoms with E-state index in [1.807, 2.05) is 31.2 Å². The Balaban J connectivity index is 1.52. The number of nitrogens with zero attached hydrogens (tertiary/aromatic N) is 1. The van der Waals surface area contributed by atoms with Crippen molar-refractivity contribution in [1.29, 1.82) is 0 Å². The average molecular weight is 391 g/mol. The molecule has 1 aromatic rings. The Kier molecular flexibility index (Phi) is 6.29. The van der Waals surface area contributed by atoms with E-state index in [2.05, 4.69) is 5.32 Å². The van der Waals surface area contributed by atoms with Crippen LogP contribution in [0.2, 0.25) is 5.02 Å². The van der Waals surface area contributed by atoms with E-state index < -0.39 is 0 Å². The number of amides is 3. The molecule has 1 heterocycles. The number of benzene rings is 1. The fraction of sp³-hybridized carbons (Fsp3) is 0.450. The van der Waals surface area contributed by atoms with Gasteiger partial charge in [0.05, 0.1) is 18.4 Å². The van der Waals surface area contributed by atoms with Gasteiger partial charge in [-0.05, 0) is 37.5 Å². The van der Waals surface area contributed by atoms with Crippen LogP contribution >= 0.6 is 11.6 Å². The maximum absolute atomic E-state index is 12.6. The molecule has 0 spiro atoms. The molecule has 1 aliphatic carbocycles. The summed E-state index contributed by atoms with van der Waals surface area (Å²) >= 11 is 5.86. The molecule has 1 fully saturated rings. The molecule has 0 radical (unpaired) electrons. The molecule has 0 aromatic heterocycles. The highest BCUT2D eigenvalue weighted by Gasteiger charge is 2.48. The average Bonchev–Trinajstić information content (AvgIpc) is 2.92. The zero-order chi connectivity index (χ0) is 19.4. The van der Waals surface area contributed by atoms with Crippen LogP contribution in [0.25, 0.3) is 0 Å². The summed E-state index contributed by atoms with van der Waals surface area (Å²) in [5.74, 6) is -0.748. The smallest absolute Gasteiger partial charge is 0.275 e. The van der Waals surface area contributed by atoms with Crippen molar-refractivity contribution in [2.45, 2.75) is 26.3 Å². The lowest BCUT2D eigenvalue weighted by Gasteiger charge is -2.22. The van der Waals surface area contributed by atoms with Gasteiger partial charge in [-0.2, -0.15) is 0 Å². The number of hydrogen-bond acceptors (Lipinski definition) is 3. The molecule has 1 unspecified atom stereocenters. The summed E-state index contributed by atoms with van der Waals surface area (Å²) in [5, 5.41) is 3.53. The fourth-order valence-electron chi connectivity index (χ4n) is 3.63. The highest BCUT2D eigenvalue weighted by Crippen LogP contribution is 2.34. The highest BCUT2D eigenvalue weighted by atomic mass is 35.5. The molecule has 3 amide bonds. The second-order valence-electron chi connectivity index (χ2n) is 7.10. The number of allylic oxidation sites excluding steroid dienone is 2. The largest absolute Gasteiger partial charge is 0.347 e. The molecule has 2 N–H and O–H groups in total. The number of rotatable bonds is 7. The predicted octanol–water partition coefficient (Wildman–Crippen LogP) is 0.770. The molecule has 6 nitrogen and oxygen atoms in total. The van der Waals surface area contributed by atoms with Crippen molar-refractivity contribution in [3.05, 3.63) is 47.0 Å². The third kappa shape index (κ3) is 4.57. The second-order valence-corrected chi connectivity index (χ2v) is 7.54. The zero-order valence-electron chi connectivity index (χ0n) is 15.4. The number of carbonyl (C=O) groups is 3. The van der Waals surface area contributed by atoms with E-state index >= 15 is 0 Å². The Labute approximate surface area is 164 Å². The van der Waals surface area contributed by atoms with Crippen molar-refractivity contribution < 1.29 is 19.3 Å². The van der Waals surface area contributed by atoms with Crippen LogP contribution in [0.1, 0.15) is 25.3 Å². The van der Waals surface area contributed by atoms with E-state index in [4.69, 9.17) is 11.6 Å². The summed E-state index contributed by atoms with van der Waals surface area (Å²) in [6, 6.07) is 7.30. The Morgan fingerprint density at radius 2 is 1.74 bits per heavy atom. The summed E-state index contributed by atoms with van der Waals surface area (Å²) in [5.41, 5.74) is 0.965. The van der Waals surface area contributed by atoms with Gasteiger partial charge >= 0.3 is 0 Å². The molecule has 0 saturated carbocycles. The normalized spacial score (nSPS) is 22.7. The minimum absolute atomic E-state index is 0.0955. The molecule has 2 aliphatic rings. The van der Waals surface area contributed by atoms with Crippen LogP contribution in [0.5, 0.6) is 0 Å². The second kappa shape index (κ2) is 8.67.